The van der Waals surface area contributed by atoms with Gasteiger partial charge in [-0.05, 0) is 37.1 Å². The highest BCUT2D eigenvalue weighted by molar-refractivity contribution is 9.10. The summed E-state index contributed by atoms with van der Waals surface area (Å²) in [7, 11) is 0. The van der Waals surface area contributed by atoms with E-state index in [9.17, 15) is 9.59 Å². The molecule has 1 amide bonds. The van der Waals surface area contributed by atoms with Crippen LogP contribution in [-0.2, 0) is 14.3 Å². The molecule has 0 aliphatic carbocycles. The van der Waals surface area contributed by atoms with Gasteiger partial charge in [-0.25, -0.2) is 4.79 Å². The summed E-state index contributed by atoms with van der Waals surface area (Å²) in [5.74, 6) is -0.897. The Bertz CT molecular complexity index is 786. The molecule has 1 N–H and O–H groups in total. The van der Waals surface area contributed by atoms with Crippen LogP contribution >= 0.6 is 15.9 Å². The molecule has 130 valence electrons. The van der Waals surface area contributed by atoms with Gasteiger partial charge in [-0.1, -0.05) is 64.0 Å². The lowest BCUT2D eigenvalue weighted by atomic mass is 10.1. The Balaban J connectivity index is 1.81. The van der Waals surface area contributed by atoms with Crippen LogP contribution in [0.25, 0.3) is 6.08 Å². The maximum absolute atomic E-state index is 11.9. The third-order valence-corrected chi connectivity index (χ3v) is 4.27. The van der Waals surface area contributed by atoms with E-state index in [1.165, 1.54) is 6.08 Å². The monoisotopic (exact) mass is 401 g/mol. The molecule has 0 aliphatic rings. The molecule has 0 aromatic heterocycles. The third kappa shape index (κ3) is 6.19. The van der Waals surface area contributed by atoms with Crippen LogP contribution in [0.2, 0.25) is 0 Å². The van der Waals surface area contributed by atoms with Crippen molar-refractivity contribution in [2.24, 2.45) is 0 Å². The van der Waals surface area contributed by atoms with Crippen molar-refractivity contribution in [3.8, 4) is 0 Å². The normalized spacial score (nSPS) is 12.0. The summed E-state index contributed by atoms with van der Waals surface area (Å²) in [5, 5.41) is 2.80. The molecule has 1 atom stereocenters. The number of rotatable bonds is 6. The molecule has 5 heteroatoms. The minimum atomic E-state index is -0.551. The first-order valence-corrected chi connectivity index (χ1v) is 8.70. The van der Waals surface area contributed by atoms with Crippen LogP contribution in [0.3, 0.4) is 0 Å². The van der Waals surface area contributed by atoms with E-state index >= 15 is 0 Å². The highest BCUT2D eigenvalue weighted by Gasteiger charge is 2.13. The van der Waals surface area contributed by atoms with Crippen LogP contribution in [0.15, 0.2) is 59.1 Å². The number of ether oxygens (including phenoxy) is 1. The predicted octanol–water partition coefficient (Wildman–Crippen LogP) is 4.19. The van der Waals surface area contributed by atoms with E-state index in [0.717, 1.165) is 21.2 Å². The first-order valence-electron chi connectivity index (χ1n) is 7.91. The lowest BCUT2D eigenvalue weighted by Crippen LogP contribution is -2.31. The number of benzene rings is 2. The van der Waals surface area contributed by atoms with Crippen LogP contribution in [-0.4, -0.2) is 18.5 Å². The van der Waals surface area contributed by atoms with Gasteiger partial charge in [0.1, 0.15) is 0 Å². The van der Waals surface area contributed by atoms with Gasteiger partial charge in [0.2, 0.25) is 0 Å². The van der Waals surface area contributed by atoms with Crippen molar-refractivity contribution in [2.45, 2.75) is 19.9 Å². The van der Waals surface area contributed by atoms with E-state index in [2.05, 4.69) is 21.2 Å². The van der Waals surface area contributed by atoms with Gasteiger partial charge in [-0.2, -0.15) is 0 Å². The van der Waals surface area contributed by atoms with Gasteiger partial charge in [-0.3, -0.25) is 4.79 Å². The average Bonchev–Trinajstić information content (AvgIpc) is 2.58. The molecule has 0 unspecified atom stereocenters. The molecule has 0 bridgehead atoms. The van der Waals surface area contributed by atoms with Crippen LogP contribution in [0.5, 0.6) is 0 Å². The molecular formula is C20H20BrNO3. The number of hydrogen-bond donors (Lipinski definition) is 1. The lowest BCUT2D eigenvalue weighted by Gasteiger charge is -2.15. The average molecular weight is 402 g/mol. The zero-order valence-electron chi connectivity index (χ0n) is 14.2. The molecule has 0 heterocycles. The van der Waals surface area contributed by atoms with Crippen molar-refractivity contribution in [2.75, 3.05) is 6.61 Å². The van der Waals surface area contributed by atoms with Gasteiger partial charge in [0.25, 0.3) is 5.91 Å². The summed E-state index contributed by atoms with van der Waals surface area (Å²) in [6.07, 6.45) is 2.98. The van der Waals surface area contributed by atoms with Crippen LogP contribution in [0.1, 0.15) is 29.7 Å². The van der Waals surface area contributed by atoms with Crippen LogP contribution < -0.4 is 5.32 Å². The largest absolute Gasteiger partial charge is 0.452 e. The van der Waals surface area contributed by atoms with Gasteiger partial charge in [0.15, 0.2) is 6.61 Å². The fourth-order valence-electron chi connectivity index (χ4n) is 2.31. The van der Waals surface area contributed by atoms with Gasteiger partial charge in [0, 0.05) is 10.5 Å². The number of carbonyl (C=O) groups is 2. The van der Waals surface area contributed by atoms with Crippen molar-refractivity contribution in [1.29, 1.82) is 0 Å². The predicted molar refractivity (Wildman–Crippen MR) is 102 cm³/mol. The molecule has 0 saturated carbocycles. The van der Waals surface area contributed by atoms with Crippen molar-refractivity contribution < 1.29 is 14.3 Å². The zero-order valence-corrected chi connectivity index (χ0v) is 15.7. The highest BCUT2D eigenvalue weighted by atomic mass is 79.9. The Morgan fingerprint density at radius 1 is 1.20 bits per heavy atom. The number of nitrogens with one attached hydrogen (secondary N) is 1. The van der Waals surface area contributed by atoms with Crippen LogP contribution in [0.4, 0.5) is 0 Å². The summed E-state index contributed by atoms with van der Waals surface area (Å²) < 4.78 is 5.89. The number of hydrogen-bond acceptors (Lipinski definition) is 3. The van der Waals surface area contributed by atoms with Gasteiger partial charge in [-0.15, -0.1) is 0 Å². The van der Waals surface area contributed by atoms with E-state index in [0.29, 0.717) is 0 Å². The summed E-state index contributed by atoms with van der Waals surface area (Å²) in [4.78, 5) is 23.7. The van der Waals surface area contributed by atoms with E-state index in [1.807, 2.05) is 62.4 Å². The molecule has 25 heavy (non-hydrogen) atoms. The molecule has 2 rings (SSSR count). The minimum absolute atomic E-state index is 0.190. The van der Waals surface area contributed by atoms with E-state index in [4.69, 9.17) is 4.74 Å². The summed E-state index contributed by atoms with van der Waals surface area (Å²) >= 11 is 3.45. The van der Waals surface area contributed by atoms with Crippen molar-refractivity contribution in [3.63, 3.8) is 0 Å². The highest BCUT2D eigenvalue weighted by Crippen LogP contribution is 2.22. The van der Waals surface area contributed by atoms with Crippen molar-refractivity contribution in [1.82, 2.24) is 5.32 Å². The fraction of sp³-hybridized carbons (Fsp3) is 0.200. The maximum Gasteiger partial charge on any atom is 0.331 e. The second-order valence-corrected chi connectivity index (χ2v) is 6.52. The Labute approximate surface area is 156 Å². The Morgan fingerprint density at radius 2 is 1.96 bits per heavy atom. The molecule has 4 nitrogen and oxygen atoms in total. The quantitative estimate of drug-likeness (QED) is 0.582. The standard InChI is InChI=1S/C20H20BrNO3/c1-14-6-5-7-16(12-14)10-11-20(24)25-13-19(23)22-15(2)17-8-3-4-9-18(17)21/h3-12,15H,13H2,1-2H3,(H,22,23)/b11-10+/t15-/m0/s1. The molecule has 0 fully saturated rings. The summed E-state index contributed by atoms with van der Waals surface area (Å²) in [5.41, 5.74) is 2.97. The van der Waals surface area contributed by atoms with Gasteiger partial charge < -0.3 is 10.1 Å². The first-order chi connectivity index (χ1) is 12.0. The summed E-state index contributed by atoms with van der Waals surface area (Å²) in [6, 6.07) is 15.2. The molecule has 0 aliphatic heterocycles. The topological polar surface area (TPSA) is 55.4 Å². The third-order valence-electron chi connectivity index (χ3n) is 3.55. The van der Waals surface area contributed by atoms with E-state index in [-0.39, 0.29) is 18.6 Å². The van der Waals surface area contributed by atoms with Crippen molar-refractivity contribution >= 4 is 33.9 Å². The number of aryl methyl sites for hydroxylation is 1. The number of esters is 1. The second-order valence-electron chi connectivity index (χ2n) is 5.67. The smallest absolute Gasteiger partial charge is 0.331 e. The molecule has 0 radical (unpaired) electrons. The van der Waals surface area contributed by atoms with E-state index in [1.54, 1.807) is 6.08 Å². The van der Waals surface area contributed by atoms with Gasteiger partial charge in [0.05, 0.1) is 6.04 Å². The van der Waals surface area contributed by atoms with Gasteiger partial charge >= 0.3 is 5.97 Å². The molecular weight excluding hydrogens is 382 g/mol. The minimum Gasteiger partial charge on any atom is -0.452 e. The molecule has 2 aromatic rings. The summed E-state index contributed by atoms with van der Waals surface area (Å²) in [6.45, 7) is 3.54. The molecule has 2 aromatic carbocycles. The van der Waals surface area contributed by atoms with E-state index < -0.39 is 5.97 Å². The molecule has 0 spiro atoms. The fourth-order valence-corrected chi connectivity index (χ4v) is 2.94. The SMILES string of the molecule is Cc1cccc(/C=C/C(=O)OCC(=O)N[C@@H](C)c2ccccc2Br)c1. The number of carbonyl (C=O) groups excluding carboxylic acids is 2. The lowest BCUT2D eigenvalue weighted by molar-refractivity contribution is -0.144. The second kappa shape index (κ2) is 9.18. The van der Waals surface area contributed by atoms with Crippen LogP contribution in [0, 0.1) is 6.92 Å². The Hall–Kier alpha value is -2.40. The number of halogens is 1. The Morgan fingerprint density at radius 3 is 2.68 bits per heavy atom. The first kappa shape index (κ1) is 18.9. The molecule has 0 saturated heterocycles. The maximum atomic E-state index is 11.9. The number of amides is 1. The van der Waals surface area contributed by atoms with Crippen molar-refractivity contribution in [3.05, 3.63) is 75.8 Å². The Kier molecular flexibility index (Phi) is 6.95. The zero-order chi connectivity index (χ0) is 18.2.